The highest BCUT2D eigenvalue weighted by Crippen LogP contribution is 2.28. The Bertz CT molecular complexity index is 872. The summed E-state index contributed by atoms with van der Waals surface area (Å²) < 4.78 is 12.8. The van der Waals surface area contributed by atoms with Crippen LogP contribution in [0.1, 0.15) is 26.3 Å². The molecule has 0 aliphatic carbocycles. The number of nitrogens with one attached hydrogen (secondary N) is 1. The number of amides is 3. The number of nitrogens with zero attached hydrogens (tertiary/aromatic N) is 1. The average molecular weight is 324 g/mol. The van der Waals surface area contributed by atoms with E-state index < -0.39 is 17.7 Å². The normalized spacial score (nSPS) is 13.5. The fraction of sp³-hybridized carbons (Fsp3) is 0.0556. The minimum absolute atomic E-state index is 0.188. The van der Waals surface area contributed by atoms with Crippen molar-refractivity contribution in [1.29, 1.82) is 0 Å². The smallest absolute Gasteiger partial charge is 0.263 e. The predicted octanol–water partition coefficient (Wildman–Crippen LogP) is 2.70. The highest BCUT2D eigenvalue weighted by atomic mass is 19.1. The van der Waals surface area contributed by atoms with Crippen molar-refractivity contribution in [2.45, 2.75) is 0 Å². The van der Waals surface area contributed by atoms with Crippen LogP contribution in [0, 0.1) is 5.82 Å². The number of hydrogen-bond acceptors (Lipinski definition) is 3. The van der Waals surface area contributed by atoms with Crippen molar-refractivity contribution in [3.8, 4) is 0 Å². The summed E-state index contributed by atoms with van der Waals surface area (Å²) in [6.45, 7) is 0. The van der Waals surface area contributed by atoms with E-state index >= 15 is 0 Å². The Morgan fingerprint density at radius 3 is 2.50 bits per heavy atom. The van der Waals surface area contributed by atoms with E-state index in [4.69, 9.17) is 0 Å². The van der Waals surface area contributed by atoms with E-state index in [9.17, 15) is 18.8 Å². The first-order chi connectivity index (χ1) is 11.5. The zero-order valence-electron chi connectivity index (χ0n) is 12.7. The molecule has 2 aromatic carbocycles. The molecule has 1 aliphatic heterocycles. The molecule has 120 valence electrons. The highest BCUT2D eigenvalue weighted by Gasteiger charge is 2.34. The Hall–Kier alpha value is -3.28. The van der Waals surface area contributed by atoms with Crippen LogP contribution in [0.4, 0.5) is 10.1 Å². The zero-order valence-corrected chi connectivity index (χ0v) is 12.7. The third kappa shape index (κ3) is 2.81. The first-order valence-corrected chi connectivity index (χ1v) is 7.17. The van der Waals surface area contributed by atoms with Crippen LogP contribution in [-0.2, 0) is 4.79 Å². The van der Waals surface area contributed by atoms with E-state index in [1.54, 1.807) is 18.2 Å². The molecule has 0 saturated heterocycles. The lowest BCUT2D eigenvalue weighted by Crippen LogP contribution is -2.24. The number of fused-ring (bicyclic) bond motifs is 1. The van der Waals surface area contributed by atoms with Crippen molar-refractivity contribution in [2.75, 3.05) is 12.4 Å². The molecule has 5 nitrogen and oxygen atoms in total. The largest absolute Gasteiger partial charge is 0.322 e. The van der Waals surface area contributed by atoms with Gasteiger partial charge in [-0.2, -0.15) is 0 Å². The standard InChI is InChI=1S/C18H13FN2O3/c1-21-17(23)13-3-2-4-14(16(13)18(21)24)20-15(22)10-7-11-5-8-12(19)9-6-11/h2-10H,1H3,(H,20,22)/b10-7-. The van der Waals surface area contributed by atoms with Gasteiger partial charge in [-0.25, -0.2) is 4.39 Å². The average Bonchev–Trinajstić information content (AvgIpc) is 2.80. The summed E-state index contributed by atoms with van der Waals surface area (Å²) in [5.41, 5.74) is 1.40. The Morgan fingerprint density at radius 2 is 1.79 bits per heavy atom. The van der Waals surface area contributed by atoms with E-state index in [2.05, 4.69) is 5.32 Å². The van der Waals surface area contributed by atoms with Gasteiger partial charge < -0.3 is 5.32 Å². The van der Waals surface area contributed by atoms with Crippen LogP contribution in [0.15, 0.2) is 48.5 Å². The number of carbonyl (C=O) groups is 3. The monoisotopic (exact) mass is 324 g/mol. The van der Waals surface area contributed by atoms with Crippen molar-refractivity contribution >= 4 is 29.5 Å². The molecule has 2 aromatic rings. The van der Waals surface area contributed by atoms with Crippen LogP contribution < -0.4 is 5.32 Å². The van der Waals surface area contributed by atoms with Gasteiger partial charge in [0.15, 0.2) is 0 Å². The summed E-state index contributed by atoms with van der Waals surface area (Å²) in [7, 11) is 1.39. The lowest BCUT2D eigenvalue weighted by Gasteiger charge is -2.07. The van der Waals surface area contributed by atoms with E-state index in [1.807, 2.05) is 0 Å². The molecule has 1 aliphatic rings. The van der Waals surface area contributed by atoms with Crippen molar-refractivity contribution < 1.29 is 18.8 Å². The first-order valence-electron chi connectivity index (χ1n) is 7.17. The molecular weight excluding hydrogens is 311 g/mol. The predicted molar refractivity (Wildman–Crippen MR) is 86.9 cm³/mol. The van der Waals surface area contributed by atoms with Crippen LogP contribution in [0.25, 0.3) is 6.08 Å². The lowest BCUT2D eigenvalue weighted by atomic mass is 10.1. The third-order valence-electron chi connectivity index (χ3n) is 3.67. The quantitative estimate of drug-likeness (QED) is 0.697. The van der Waals surface area contributed by atoms with Gasteiger partial charge in [0.25, 0.3) is 11.8 Å². The second-order valence-corrected chi connectivity index (χ2v) is 5.27. The number of halogens is 1. The van der Waals surface area contributed by atoms with Crippen molar-refractivity contribution in [3.63, 3.8) is 0 Å². The van der Waals surface area contributed by atoms with Gasteiger partial charge in [0.2, 0.25) is 5.91 Å². The first kappa shape index (κ1) is 15.6. The topological polar surface area (TPSA) is 66.5 Å². The van der Waals surface area contributed by atoms with Gasteiger partial charge in [-0.1, -0.05) is 18.2 Å². The van der Waals surface area contributed by atoms with Gasteiger partial charge in [-0.15, -0.1) is 0 Å². The summed E-state index contributed by atoms with van der Waals surface area (Å²) in [5.74, 6) is -1.66. The molecule has 0 atom stereocenters. The Labute approximate surface area is 137 Å². The second-order valence-electron chi connectivity index (χ2n) is 5.27. The molecule has 0 saturated carbocycles. The third-order valence-corrected chi connectivity index (χ3v) is 3.67. The molecule has 0 bridgehead atoms. The number of hydrogen-bond donors (Lipinski definition) is 1. The van der Waals surface area contributed by atoms with Crippen LogP contribution in [-0.4, -0.2) is 29.7 Å². The Kier molecular flexibility index (Phi) is 3.95. The lowest BCUT2D eigenvalue weighted by molar-refractivity contribution is -0.111. The molecule has 1 heterocycles. The molecule has 0 radical (unpaired) electrons. The molecule has 6 heteroatoms. The number of imide groups is 1. The van der Waals surface area contributed by atoms with Crippen molar-refractivity contribution in [3.05, 3.63) is 71.0 Å². The molecular formula is C18H13FN2O3. The van der Waals surface area contributed by atoms with E-state index in [0.717, 1.165) is 4.90 Å². The highest BCUT2D eigenvalue weighted by molar-refractivity contribution is 6.24. The summed E-state index contributed by atoms with van der Waals surface area (Å²) in [6, 6.07) is 10.4. The molecule has 0 unspecified atom stereocenters. The summed E-state index contributed by atoms with van der Waals surface area (Å²) >= 11 is 0. The van der Waals surface area contributed by atoms with Crippen molar-refractivity contribution in [2.24, 2.45) is 0 Å². The van der Waals surface area contributed by atoms with Gasteiger partial charge in [-0.3, -0.25) is 19.3 Å². The Balaban J connectivity index is 1.80. The fourth-order valence-electron chi connectivity index (χ4n) is 2.43. The van der Waals surface area contributed by atoms with Gasteiger partial charge in [-0.05, 0) is 35.9 Å². The van der Waals surface area contributed by atoms with Crippen LogP contribution >= 0.6 is 0 Å². The van der Waals surface area contributed by atoms with E-state index in [-0.39, 0.29) is 22.6 Å². The number of benzene rings is 2. The van der Waals surface area contributed by atoms with E-state index in [0.29, 0.717) is 5.56 Å². The van der Waals surface area contributed by atoms with E-state index in [1.165, 1.54) is 43.5 Å². The van der Waals surface area contributed by atoms with Crippen LogP contribution in [0.3, 0.4) is 0 Å². The second kappa shape index (κ2) is 6.08. The zero-order chi connectivity index (χ0) is 17.3. The maximum Gasteiger partial charge on any atom is 0.263 e. The molecule has 24 heavy (non-hydrogen) atoms. The van der Waals surface area contributed by atoms with Gasteiger partial charge >= 0.3 is 0 Å². The van der Waals surface area contributed by atoms with Gasteiger partial charge in [0.1, 0.15) is 5.82 Å². The summed E-state index contributed by atoms with van der Waals surface area (Å²) in [4.78, 5) is 37.1. The fourth-order valence-corrected chi connectivity index (χ4v) is 2.43. The van der Waals surface area contributed by atoms with Gasteiger partial charge in [0, 0.05) is 13.1 Å². The van der Waals surface area contributed by atoms with Gasteiger partial charge in [0.05, 0.1) is 16.8 Å². The molecule has 0 fully saturated rings. The molecule has 3 rings (SSSR count). The maximum atomic E-state index is 12.8. The summed E-state index contributed by atoms with van der Waals surface area (Å²) in [5, 5.41) is 2.60. The summed E-state index contributed by atoms with van der Waals surface area (Å²) in [6.07, 6.45) is 2.80. The molecule has 0 aromatic heterocycles. The number of rotatable bonds is 3. The minimum Gasteiger partial charge on any atom is -0.322 e. The maximum absolute atomic E-state index is 12.8. The Morgan fingerprint density at radius 1 is 1.08 bits per heavy atom. The molecule has 1 N–H and O–H groups in total. The van der Waals surface area contributed by atoms with Crippen molar-refractivity contribution in [1.82, 2.24) is 4.90 Å². The minimum atomic E-state index is -0.456. The number of carbonyl (C=O) groups excluding carboxylic acids is 3. The SMILES string of the molecule is CN1C(=O)c2cccc(NC(=O)/C=C\c3ccc(F)cc3)c2C1=O. The van der Waals surface area contributed by atoms with Crippen LogP contribution in [0.5, 0.6) is 0 Å². The number of anilines is 1. The van der Waals surface area contributed by atoms with Crippen LogP contribution in [0.2, 0.25) is 0 Å². The molecule has 3 amide bonds. The molecule has 0 spiro atoms.